The molecule has 0 aromatic rings. The molecule has 2 N–H and O–H groups in total. The molecule has 0 bridgehead atoms. The van der Waals surface area contributed by atoms with Crippen molar-refractivity contribution in [1.82, 2.24) is 10.2 Å². The number of carboxylic acid groups (broad SMARTS) is 1. The molecule has 2 fully saturated rings. The van der Waals surface area contributed by atoms with E-state index in [0.717, 1.165) is 32.4 Å². The van der Waals surface area contributed by atoms with Crippen LogP contribution in [0.5, 0.6) is 0 Å². The van der Waals surface area contributed by atoms with Crippen LogP contribution in [0.25, 0.3) is 0 Å². The van der Waals surface area contributed by atoms with Gasteiger partial charge >= 0.3 is 5.97 Å². The van der Waals surface area contributed by atoms with E-state index in [1.165, 1.54) is 0 Å². The summed E-state index contributed by atoms with van der Waals surface area (Å²) in [6.07, 6.45) is 4.95. The third-order valence-corrected chi connectivity index (χ3v) is 4.60. The lowest BCUT2D eigenvalue weighted by Gasteiger charge is -2.31. The van der Waals surface area contributed by atoms with Crippen LogP contribution in [0, 0.1) is 0 Å². The Kier molecular flexibility index (Phi) is 5.04. The molecule has 0 radical (unpaired) electrons. The predicted octanol–water partition coefficient (Wildman–Crippen LogP) is 1.47. The van der Waals surface area contributed by atoms with Crippen LogP contribution in [0.15, 0.2) is 0 Å². The zero-order valence-corrected chi connectivity index (χ0v) is 12.9. The fourth-order valence-corrected chi connectivity index (χ4v) is 3.59. The fourth-order valence-electron chi connectivity index (χ4n) is 3.59. The van der Waals surface area contributed by atoms with E-state index in [4.69, 9.17) is 4.74 Å². The number of hydrogen-bond acceptors (Lipinski definition) is 4. The monoisotopic (exact) mass is 284 g/mol. The van der Waals surface area contributed by atoms with Crippen molar-refractivity contribution in [3.63, 3.8) is 0 Å². The molecule has 116 valence electrons. The third kappa shape index (κ3) is 3.51. The van der Waals surface area contributed by atoms with E-state index < -0.39 is 11.5 Å². The summed E-state index contributed by atoms with van der Waals surface area (Å²) in [4.78, 5) is 14.0. The maximum atomic E-state index is 11.7. The smallest absolute Gasteiger partial charge is 0.323 e. The summed E-state index contributed by atoms with van der Waals surface area (Å²) in [5.41, 5.74) is -0.746. The number of nitrogens with one attached hydrogen (secondary N) is 1. The van der Waals surface area contributed by atoms with Gasteiger partial charge in [0.1, 0.15) is 5.54 Å². The van der Waals surface area contributed by atoms with Gasteiger partial charge in [0.15, 0.2) is 0 Å². The molecular weight excluding hydrogens is 256 g/mol. The van der Waals surface area contributed by atoms with Crippen molar-refractivity contribution in [2.24, 2.45) is 0 Å². The first kappa shape index (κ1) is 15.7. The Morgan fingerprint density at radius 3 is 2.80 bits per heavy atom. The van der Waals surface area contributed by atoms with Gasteiger partial charge < -0.3 is 14.7 Å². The maximum absolute atomic E-state index is 11.7. The Bertz CT molecular complexity index is 342. The van der Waals surface area contributed by atoms with Crippen molar-refractivity contribution in [3.8, 4) is 0 Å². The minimum Gasteiger partial charge on any atom is -0.480 e. The number of hydrogen-bond donors (Lipinski definition) is 2. The van der Waals surface area contributed by atoms with Gasteiger partial charge in [0.25, 0.3) is 0 Å². The molecular formula is C15H28N2O3. The Morgan fingerprint density at radius 2 is 2.25 bits per heavy atom. The summed E-state index contributed by atoms with van der Waals surface area (Å²) in [6, 6.07) is 0.523. The zero-order chi connectivity index (χ0) is 14.8. The van der Waals surface area contributed by atoms with Gasteiger partial charge in [-0.05, 0) is 53.0 Å². The van der Waals surface area contributed by atoms with Gasteiger partial charge in [-0.15, -0.1) is 0 Å². The van der Waals surface area contributed by atoms with Crippen LogP contribution in [-0.4, -0.2) is 59.9 Å². The fraction of sp³-hybridized carbons (Fsp3) is 0.933. The second-order valence-corrected chi connectivity index (χ2v) is 6.66. The van der Waals surface area contributed by atoms with E-state index in [2.05, 4.69) is 17.3 Å². The van der Waals surface area contributed by atoms with Crippen molar-refractivity contribution in [1.29, 1.82) is 0 Å². The van der Waals surface area contributed by atoms with Crippen molar-refractivity contribution in [2.75, 3.05) is 20.2 Å². The average Bonchev–Trinajstić information content (AvgIpc) is 2.98. The average molecular weight is 284 g/mol. The molecule has 0 aromatic carbocycles. The second kappa shape index (κ2) is 6.41. The molecule has 1 aliphatic heterocycles. The third-order valence-electron chi connectivity index (χ3n) is 4.60. The highest BCUT2D eigenvalue weighted by Gasteiger charge is 2.46. The van der Waals surface area contributed by atoms with Crippen LogP contribution in [0.3, 0.4) is 0 Å². The summed E-state index contributed by atoms with van der Waals surface area (Å²) in [6.45, 7) is 5.81. The van der Waals surface area contributed by atoms with Gasteiger partial charge in [-0.1, -0.05) is 0 Å². The molecule has 3 atom stereocenters. The van der Waals surface area contributed by atoms with E-state index >= 15 is 0 Å². The molecule has 2 rings (SSSR count). The van der Waals surface area contributed by atoms with Crippen molar-refractivity contribution in [3.05, 3.63) is 0 Å². The largest absolute Gasteiger partial charge is 0.480 e. The van der Waals surface area contributed by atoms with E-state index in [-0.39, 0.29) is 6.04 Å². The summed E-state index contributed by atoms with van der Waals surface area (Å²) >= 11 is 0. The van der Waals surface area contributed by atoms with Crippen LogP contribution >= 0.6 is 0 Å². The van der Waals surface area contributed by atoms with Crippen LogP contribution in [0.4, 0.5) is 0 Å². The normalized spacial score (nSPS) is 34.2. The minimum absolute atomic E-state index is 0.188. The van der Waals surface area contributed by atoms with Crippen LogP contribution in [0.2, 0.25) is 0 Å². The lowest BCUT2D eigenvalue weighted by Crippen LogP contribution is -2.54. The minimum atomic E-state index is -0.746. The highest BCUT2D eigenvalue weighted by atomic mass is 16.5. The topological polar surface area (TPSA) is 61.8 Å². The molecule has 0 aromatic heterocycles. The van der Waals surface area contributed by atoms with Crippen LogP contribution in [-0.2, 0) is 9.53 Å². The zero-order valence-electron chi connectivity index (χ0n) is 12.9. The van der Waals surface area contributed by atoms with Gasteiger partial charge in [0.2, 0.25) is 0 Å². The molecule has 1 saturated carbocycles. The molecule has 3 unspecified atom stereocenters. The summed E-state index contributed by atoms with van der Waals surface area (Å²) in [7, 11) is 2.10. The number of rotatable bonds is 6. The lowest BCUT2D eigenvalue weighted by atomic mass is 9.96. The van der Waals surface area contributed by atoms with Crippen molar-refractivity contribution >= 4 is 5.97 Å². The molecule has 0 spiro atoms. The number of ether oxygens (including phenoxy) is 1. The Balaban J connectivity index is 1.93. The molecule has 20 heavy (non-hydrogen) atoms. The highest BCUT2D eigenvalue weighted by Crippen LogP contribution is 2.34. The molecule has 1 aliphatic carbocycles. The van der Waals surface area contributed by atoms with Crippen LogP contribution < -0.4 is 5.32 Å². The number of likely N-dealkylation sites (N-methyl/N-ethyl adjacent to an activating group) is 1. The second-order valence-electron chi connectivity index (χ2n) is 6.66. The molecule has 1 saturated heterocycles. The molecule has 2 aliphatic rings. The molecule has 1 heterocycles. The maximum Gasteiger partial charge on any atom is 0.323 e. The van der Waals surface area contributed by atoms with E-state index in [9.17, 15) is 9.90 Å². The first-order valence-corrected chi connectivity index (χ1v) is 7.76. The number of aliphatic carboxylic acids is 1. The highest BCUT2D eigenvalue weighted by molar-refractivity contribution is 5.79. The van der Waals surface area contributed by atoms with Gasteiger partial charge in [0.05, 0.1) is 6.10 Å². The first-order valence-electron chi connectivity index (χ1n) is 7.76. The molecule has 0 amide bonds. The van der Waals surface area contributed by atoms with Gasteiger partial charge in [-0.25, -0.2) is 0 Å². The summed E-state index contributed by atoms with van der Waals surface area (Å²) in [5.74, 6) is -0.709. The van der Waals surface area contributed by atoms with Gasteiger partial charge in [-0.3, -0.25) is 10.1 Å². The van der Waals surface area contributed by atoms with Crippen LogP contribution in [0.1, 0.15) is 46.0 Å². The SMILES string of the molecule is CC(C)NC1(C(=O)O)CCC(N(C)CC2CCCO2)C1. The predicted molar refractivity (Wildman–Crippen MR) is 77.9 cm³/mol. The Morgan fingerprint density at radius 1 is 1.50 bits per heavy atom. The van der Waals surface area contributed by atoms with Gasteiger partial charge in [-0.2, -0.15) is 0 Å². The van der Waals surface area contributed by atoms with Gasteiger partial charge in [0, 0.05) is 25.2 Å². The van der Waals surface area contributed by atoms with Crippen molar-refractivity contribution < 1.29 is 14.6 Å². The van der Waals surface area contributed by atoms with Crippen molar-refractivity contribution in [2.45, 2.75) is 69.7 Å². The van der Waals surface area contributed by atoms with E-state index in [1.54, 1.807) is 0 Å². The Labute approximate surface area is 121 Å². The number of carbonyl (C=O) groups is 1. The Hall–Kier alpha value is -0.650. The molecule has 5 heteroatoms. The standard InChI is InChI=1S/C15H28N2O3/c1-11(2)16-15(14(18)19)7-6-12(9-15)17(3)10-13-5-4-8-20-13/h11-13,16H,4-10H2,1-3H3,(H,18,19). The van der Waals surface area contributed by atoms with E-state index in [0.29, 0.717) is 25.0 Å². The number of carboxylic acids is 1. The quantitative estimate of drug-likeness (QED) is 0.773. The van der Waals surface area contributed by atoms with E-state index in [1.807, 2.05) is 13.8 Å². The number of nitrogens with zero attached hydrogens (tertiary/aromatic N) is 1. The lowest BCUT2D eigenvalue weighted by molar-refractivity contribution is -0.145. The summed E-state index contributed by atoms with van der Waals surface area (Å²) < 4.78 is 5.67. The summed E-state index contributed by atoms with van der Waals surface area (Å²) in [5, 5.41) is 12.9. The molecule has 5 nitrogen and oxygen atoms in total. The first-order chi connectivity index (χ1) is 9.43.